The predicted molar refractivity (Wildman–Crippen MR) is 87.0 cm³/mol. The number of methoxy groups -OCH3 is 1. The molecule has 0 bridgehead atoms. The Hall–Kier alpha value is -3.22. The van der Waals surface area contributed by atoms with Crippen LogP contribution in [0.5, 0.6) is 17.2 Å². The molecular formula is C16H17N3O4. The summed E-state index contributed by atoms with van der Waals surface area (Å²) in [5.74, 6) is 0.223. The van der Waals surface area contributed by atoms with Gasteiger partial charge in [-0.05, 0) is 36.4 Å². The highest BCUT2D eigenvalue weighted by molar-refractivity contribution is 5.86. The highest BCUT2D eigenvalue weighted by Crippen LogP contribution is 2.20. The van der Waals surface area contributed by atoms with Gasteiger partial charge in [0.15, 0.2) is 0 Å². The maximum atomic E-state index is 11.7. The van der Waals surface area contributed by atoms with Gasteiger partial charge in [0.05, 0.1) is 19.9 Å². The molecule has 1 amide bonds. The van der Waals surface area contributed by atoms with Gasteiger partial charge in [-0.15, -0.1) is 0 Å². The first-order chi connectivity index (χ1) is 11.1. The van der Waals surface area contributed by atoms with Gasteiger partial charge >= 0.3 is 0 Å². The molecule has 0 saturated heterocycles. The molecule has 0 aromatic heterocycles. The van der Waals surface area contributed by atoms with E-state index in [1.54, 1.807) is 31.4 Å². The van der Waals surface area contributed by atoms with Crippen LogP contribution in [0.15, 0.2) is 47.6 Å². The van der Waals surface area contributed by atoms with Gasteiger partial charge in [-0.1, -0.05) is 0 Å². The van der Waals surface area contributed by atoms with Crippen molar-refractivity contribution in [2.75, 3.05) is 19.0 Å². The fraction of sp³-hybridized carbons (Fsp3) is 0.125. The molecule has 0 aliphatic rings. The number of amides is 1. The zero-order valence-electron chi connectivity index (χ0n) is 12.5. The minimum atomic E-state index is -0.338. The molecular weight excluding hydrogens is 298 g/mol. The van der Waals surface area contributed by atoms with Crippen molar-refractivity contribution in [1.29, 1.82) is 0 Å². The number of anilines is 1. The Morgan fingerprint density at radius 3 is 2.61 bits per heavy atom. The number of nitrogens with one attached hydrogen (secondary N) is 2. The molecule has 2 rings (SSSR count). The van der Waals surface area contributed by atoms with Gasteiger partial charge in [-0.3, -0.25) is 4.79 Å². The molecule has 2 aromatic rings. The largest absolute Gasteiger partial charge is 0.508 e. The summed E-state index contributed by atoms with van der Waals surface area (Å²) in [5.41, 5.74) is 3.50. The topological polar surface area (TPSA) is 103 Å². The number of carbonyl (C=O) groups is 1. The number of phenols is 2. The number of hydrazone groups is 1. The lowest BCUT2D eigenvalue weighted by molar-refractivity contribution is -0.119. The Bertz CT molecular complexity index is 699. The van der Waals surface area contributed by atoms with Crippen molar-refractivity contribution >= 4 is 17.8 Å². The second-order valence-corrected chi connectivity index (χ2v) is 4.62. The van der Waals surface area contributed by atoms with E-state index in [-0.39, 0.29) is 24.0 Å². The van der Waals surface area contributed by atoms with Crippen molar-refractivity contribution in [2.24, 2.45) is 5.10 Å². The van der Waals surface area contributed by atoms with Gasteiger partial charge in [-0.2, -0.15) is 5.10 Å². The zero-order chi connectivity index (χ0) is 16.7. The normalized spacial score (nSPS) is 10.5. The van der Waals surface area contributed by atoms with Gasteiger partial charge in [-0.25, -0.2) is 5.43 Å². The van der Waals surface area contributed by atoms with Gasteiger partial charge in [0.2, 0.25) is 0 Å². The minimum absolute atomic E-state index is 0.0469. The van der Waals surface area contributed by atoms with Crippen LogP contribution in [-0.4, -0.2) is 36.0 Å². The van der Waals surface area contributed by atoms with E-state index < -0.39 is 0 Å². The Labute approximate surface area is 133 Å². The van der Waals surface area contributed by atoms with Crippen molar-refractivity contribution in [3.63, 3.8) is 0 Å². The molecule has 0 radical (unpaired) electrons. The van der Waals surface area contributed by atoms with Crippen LogP contribution in [0.4, 0.5) is 5.69 Å². The third-order valence-corrected chi connectivity index (χ3v) is 2.95. The highest BCUT2D eigenvalue weighted by Gasteiger charge is 2.01. The van der Waals surface area contributed by atoms with E-state index >= 15 is 0 Å². The number of rotatable bonds is 6. The molecule has 7 heteroatoms. The van der Waals surface area contributed by atoms with E-state index in [1.807, 2.05) is 0 Å². The minimum Gasteiger partial charge on any atom is -0.508 e. The average Bonchev–Trinajstić information content (AvgIpc) is 2.55. The standard InChI is InChI=1S/C16H17N3O4/c1-23-14-6-3-12(4-7-14)17-10-16(22)19-18-9-11-2-5-13(20)8-15(11)21/h2-9,17,20-21H,10H2,1H3,(H,19,22). The molecule has 7 nitrogen and oxygen atoms in total. The molecule has 0 fully saturated rings. The first-order valence-corrected chi connectivity index (χ1v) is 6.80. The fourth-order valence-electron chi connectivity index (χ4n) is 1.75. The smallest absolute Gasteiger partial charge is 0.259 e. The van der Waals surface area contributed by atoms with Crippen LogP contribution in [0.3, 0.4) is 0 Å². The number of nitrogens with zero attached hydrogens (tertiary/aromatic N) is 1. The number of hydrogen-bond donors (Lipinski definition) is 4. The lowest BCUT2D eigenvalue weighted by Gasteiger charge is -2.06. The van der Waals surface area contributed by atoms with Crippen LogP contribution >= 0.6 is 0 Å². The molecule has 0 heterocycles. The molecule has 0 aliphatic carbocycles. The van der Waals surface area contributed by atoms with Crippen LogP contribution in [-0.2, 0) is 4.79 Å². The first-order valence-electron chi connectivity index (χ1n) is 6.80. The van der Waals surface area contributed by atoms with Crippen molar-refractivity contribution in [3.05, 3.63) is 48.0 Å². The van der Waals surface area contributed by atoms with Crippen molar-refractivity contribution in [3.8, 4) is 17.2 Å². The number of ether oxygens (including phenoxy) is 1. The number of phenolic OH excluding ortho intramolecular Hbond substituents is 2. The Balaban J connectivity index is 1.81. The summed E-state index contributed by atoms with van der Waals surface area (Å²) in [4.78, 5) is 11.7. The van der Waals surface area contributed by atoms with Crippen LogP contribution in [0.25, 0.3) is 0 Å². The molecule has 23 heavy (non-hydrogen) atoms. The lowest BCUT2D eigenvalue weighted by atomic mass is 10.2. The van der Waals surface area contributed by atoms with Crippen molar-refractivity contribution in [2.45, 2.75) is 0 Å². The van der Waals surface area contributed by atoms with Gasteiger partial charge in [0.25, 0.3) is 5.91 Å². The second kappa shape index (κ2) is 7.69. The quantitative estimate of drug-likeness (QED) is 0.479. The summed E-state index contributed by atoms with van der Waals surface area (Å²) in [7, 11) is 1.58. The summed E-state index contributed by atoms with van der Waals surface area (Å²) >= 11 is 0. The number of aromatic hydroxyl groups is 2. The van der Waals surface area contributed by atoms with Crippen LogP contribution < -0.4 is 15.5 Å². The molecule has 0 spiro atoms. The first kappa shape index (κ1) is 16.2. The number of benzene rings is 2. The van der Waals surface area contributed by atoms with E-state index in [0.717, 1.165) is 11.4 Å². The van der Waals surface area contributed by atoms with E-state index in [2.05, 4.69) is 15.8 Å². The average molecular weight is 315 g/mol. The molecule has 4 N–H and O–H groups in total. The van der Waals surface area contributed by atoms with Gasteiger partial charge < -0.3 is 20.3 Å². The van der Waals surface area contributed by atoms with E-state index in [9.17, 15) is 15.0 Å². The summed E-state index contributed by atoms with van der Waals surface area (Å²) in [5, 5.41) is 25.4. The Morgan fingerprint density at radius 2 is 1.96 bits per heavy atom. The SMILES string of the molecule is COc1ccc(NCC(=O)NN=Cc2ccc(O)cc2O)cc1. The zero-order valence-corrected chi connectivity index (χ0v) is 12.5. The maximum absolute atomic E-state index is 11.7. The summed E-state index contributed by atoms with van der Waals surface area (Å²) in [6.45, 7) is 0.0469. The van der Waals surface area contributed by atoms with Crippen LogP contribution in [0.2, 0.25) is 0 Å². The predicted octanol–water partition coefficient (Wildman–Crippen LogP) is 1.67. The van der Waals surface area contributed by atoms with Crippen molar-refractivity contribution < 1.29 is 19.7 Å². The molecule has 0 aliphatic heterocycles. The molecule has 0 saturated carbocycles. The molecule has 0 atom stereocenters. The summed E-state index contributed by atoms with van der Waals surface area (Å²) in [6.07, 6.45) is 1.29. The lowest BCUT2D eigenvalue weighted by Crippen LogP contribution is -2.25. The van der Waals surface area contributed by atoms with E-state index in [4.69, 9.17) is 4.74 Å². The van der Waals surface area contributed by atoms with Crippen LogP contribution in [0, 0.1) is 0 Å². The maximum Gasteiger partial charge on any atom is 0.259 e. The van der Waals surface area contributed by atoms with E-state index in [1.165, 1.54) is 24.4 Å². The Morgan fingerprint density at radius 1 is 1.22 bits per heavy atom. The van der Waals surface area contributed by atoms with Crippen LogP contribution in [0.1, 0.15) is 5.56 Å². The highest BCUT2D eigenvalue weighted by atomic mass is 16.5. The molecule has 0 unspecified atom stereocenters. The second-order valence-electron chi connectivity index (χ2n) is 4.62. The third kappa shape index (κ3) is 4.92. The van der Waals surface area contributed by atoms with Gasteiger partial charge in [0.1, 0.15) is 17.2 Å². The summed E-state index contributed by atoms with van der Waals surface area (Å²) < 4.78 is 5.04. The van der Waals surface area contributed by atoms with Gasteiger partial charge in [0, 0.05) is 17.3 Å². The summed E-state index contributed by atoms with van der Waals surface area (Å²) in [6, 6.07) is 11.2. The third-order valence-electron chi connectivity index (χ3n) is 2.95. The monoisotopic (exact) mass is 315 g/mol. The molecule has 2 aromatic carbocycles. The fourth-order valence-corrected chi connectivity index (χ4v) is 1.75. The van der Waals surface area contributed by atoms with Crippen molar-refractivity contribution in [1.82, 2.24) is 5.43 Å². The number of carbonyl (C=O) groups excluding carboxylic acids is 1. The number of hydrogen-bond acceptors (Lipinski definition) is 6. The van der Waals surface area contributed by atoms with E-state index in [0.29, 0.717) is 5.56 Å². The molecule has 120 valence electrons. The Kier molecular flexibility index (Phi) is 5.40.